The lowest BCUT2D eigenvalue weighted by molar-refractivity contribution is -0.0341. The van der Waals surface area contributed by atoms with Gasteiger partial charge in [0.25, 0.3) is 5.56 Å². The molecule has 11 heteroatoms. The van der Waals surface area contributed by atoms with E-state index in [-0.39, 0.29) is 28.7 Å². The molecule has 0 radical (unpaired) electrons. The third-order valence-corrected chi connectivity index (χ3v) is 12.0. The molecule has 9 nitrogen and oxygen atoms in total. The number of aromatic nitrogens is 2. The van der Waals surface area contributed by atoms with Crippen molar-refractivity contribution in [2.45, 2.75) is 70.4 Å². The Kier molecular flexibility index (Phi) is 8.27. The molecule has 238 valence electrons. The molecule has 7 rings (SSSR count). The molecule has 2 spiro atoms. The number of anilines is 1. The van der Waals surface area contributed by atoms with Gasteiger partial charge in [-0.15, -0.1) is 0 Å². The Morgan fingerprint density at radius 2 is 1.89 bits per heavy atom. The smallest absolute Gasteiger partial charge is 0.261 e. The molecule has 2 saturated heterocycles. The molecule has 45 heavy (non-hydrogen) atoms. The standard InChI is InChI=1S/C34H42FN7O2S/c1-3-40(2)45-39-30-7-5-28(35)31(27(30)19-36)44-25-4-6-29-26(16-25)32(43)42(22-38-29)24-17-33(18-24)12-14-41(15-13-33)23-8-10-34(11-9-23)20-37-21-34/h4-7,16,22-24,37,39H,3,8-15,17-18,20-21H2,1-2H3. The normalized spacial score (nSPS) is 22.7. The number of hydrogen-bond acceptors (Lipinski definition) is 9. The first-order valence-electron chi connectivity index (χ1n) is 16.3. The SMILES string of the molecule is CCN(C)SNc1ccc(F)c(Oc2ccc3ncn(C4CC5(CCN(C6CCC7(CC6)CNC7)CC5)C4)c(=O)c3c2)c1C#N. The number of nitriles is 1. The number of piperidine rings is 1. The molecule has 0 bridgehead atoms. The lowest BCUT2D eigenvalue weighted by atomic mass is 9.60. The minimum absolute atomic E-state index is 0.0598. The lowest BCUT2D eigenvalue weighted by Gasteiger charge is -2.55. The second kappa shape index (κ2) is 12.2. The number of halogens is 1. The van der Waals surface area contributed by atoms with Crippen LogP contribution in [0, 0.1) is 28.0 Å². The maximum atomic E-state index is 14.9. The van der Waals surface area contributed by atoms with Crippen molar-refractivity contribution in [2.75, 3.05) is 44.5 Å². The van der Waals surface area contributed by atoms with Crippen molar-refractivity contribution in [3.05, 3.63) is 58.4 Å². The van der Waals surface area contributed by atoms with Gasteiger partial charge >= 0.3 is 0 Å². The van der Waals surface area contributed by atoms with Crippen molar-refractivity contribution < 1.29 is 9.13 Å². The van der Waals surface area contributed by atoms with Gasteiger partial charge < -0.3 is 19.7 Å². The molecule has 4 fully saturated rings. The van der Waals surface area contributed by atoms with Crippen LogP contribution in [0.15, 0.2) is 41.5 Å². The summed E-state index contributed by atoms with van der Waals surface area (Å²) in [4.78, 5) is 21.0. The highest BCUT2D eigenvalue weighted by Gasteiger charge is 2.48. The molecule has 2 N–H and O–H groups in total. The molecule has 3 aromatic rings. The van der Waals surface area contributed by atoms with Crippen LogP contribution in [-0.4, -0.2) is 64.6 Å². The topological polar surface area (TPSA) is 98.4 Å². The first-order chi connectivity index (χ1) is 21.8. The summed E-state index contributed by atoms with van der Waals surface area (Å²) in [5.74, 6) is -0.543. The van der Waals surface area contributed by atoms with Gasteiger partial charge in [-0.2, -0.15) is 5.26 Å². The Morgan fingerprint density at radius 1 is 1.13 bits per heavy atom. The summed E-state index contributed by atoms with van der Waals surface area (Å²) in [6.07, 6.45) is 11.5. The average Bonchev–Trinajstić information content (AvgIpc) is 3.03. The van der Waals surface area contributed by atoms with Crippen molar-refractivity contribution in [1.29, 1.82) is 5.26 Å². The van der Waals surface area contributed by atoms with Crippen LogP contribution in [-0.2, 0) is 0 Å². The second-order valence-corrected chi connectivity index (χ2v) is 14.7. The molecule has 4 aliphatic rings. The van der Waals surface area contributed by atoms with Crippen molar-refractivity contribution in [1.82, 2.24) is 24.1 Å². The van der Waals surface area contributed by atoms with Gasteiger partial charge in [0.15, 0.2) is 11.6 Å². The quantitative estimate of drug-likeness (QED) is 0.287. The summed E-state index contributed by atoms with van der Waals surface area (Å²) < 4.78 is 27.7. The van der Waals surface area contributed by atoms with Gasteiger partial charge in [0.1, 0.15) is 17.4 Å². The zero-order chi connectivity index (χ0) is 31.2. The van der Waals surface area contributed by atoms with Gasteiger partial charge in [0, 0.05) is 43.9 Å². The van der Waals surface area contributed by atoms with Gasteiger partial charge in [-0.05, 0) is 113 Å². The van der Waals surface area contributed by atoms with Gasteiger partial charge in [0.2, 0.25) is 0 Å². The van der Waals surface area contributed by atoms with E-state index in [1.165, 1.54) is 89.0 Å². The number of benzene rings is 2. The number of likely N-dealkylation sites (tertiary alicyclic amines) is 1. The Bertz CT molecular complexity index is 1660. The van der Waals surface area contributed by atoms with Crippen LogP contribution in [0.4, 0.5) is 10.1 Å². The number of rotatable bonds is 8. The van der Waals surface area contributed by atoms with E-state index in [1.54, 1.807) is 29.1 Å². The minimum atomic E-state index is -0.650. The van der Waals surface area contributed by atoms with Gasteiger partial charge in [-0.25, -0.2) is 13.7 Å². The second-order valence-electron chi connectivity index (χ2n) is 13.7. The van der Waals surface area contributed by atoms with Gasteiger partial charge in [-0.1, -0.05) is 6.92 Å². The van der Waals surface area contributed by atoms with Gasteiger partial charge in [0.05, 0.1) is 22.9 Å². The minimum Gasteiger partial charge on any atom is -0.453 e. The van der Waals surface area contributed by atoms with Crippen molar-refractivity contribution in [3.8, 4) is 17.6 Å². The highest BCUT2D eigenvalue weighted by Crippen LogP contribution is 2.55. The average molecular weight is 632 g/mol. The fourth-order valence-corrected chi connectivity index (χ4v) is 8.48. The van der Waals surface area contributed by atoms with E-state index in [4.69, 9.17) is 4.74 Å². The molecule has 0 amide bonds. The van der Waals surface area contributed by atoms with Crippen molar-refractivity contribution >= 4 is 28.7 Å². The molecule has 2 aliphatic heterocycles. The lowest BCUT2D eigenvalue weighted by Crippen LogP contribution is -2.57. The number of nitrogens with one attached hydrogen (secondary N) is 2. The van der Waals surface area contributed by atoms with Crippen molar-refractivity contribution in [2.24, 2.45) is 10.8 Å². The zero-order valence-corrected chi connectivity index (χ0v) is 27.0. The summed E-state index contributed by atoms with van der Waals surface area (Å²) in [5.41, 5.74) is 1.89. The molecule has 3 heterocycles. The maximum absolute atomic E-state index is 14.9. The number of ether oxygens (including phenoxy) is 1. The Morgan fingerprint density at radius 3 is 2.56 bits per heavy atom. The van der Waals surface area contributed by atoms with E-state index in [0.717, 1.165) is 25.4 Å². The molecule has 2 aromatic carbocycles. The van der Waals surface area contributed by atoms with E-state index in [1.807, 2.05) is 18.3 Å². The molecule has 2 saturated carbocycles. The Hall–Kier alpha value is -3.17. The molecule has 1 aromatic heterocycles. The van der Waals surface area contributed by atoms with Crippen LogP contribution >= 0.6 is 12.1 Å². The summed E-state index contributed by atoms with van der Waals surface area (Å²) in [7, 11) is 1.91. The molecule has 0 atom stereocenters. The van der Waals surface area contributed by atoms with E-state index in [2.05, 4.69) is 26.0 Å². The summed E-state index contributed by atoms with van der Waals surface area (Å²) in [6.45, 7) is 7.55. The van der Waals surface area contributed by atoms with E-state index in [0.29, 0.717) is 27.4 Å². The first kappa shape index (κ1) is 30.5. The largest absolute Gasteiger partial charge is 0.453 e. The third-order valence-electron chi connectivity index (χ3n) is 11.1. The Balaban J connectivity index is 1.02. The van der Waals surface area contributed by atoms with Crippen LogP contribution in [0.1, 0.15) is 69.9 Å². The summed E-state index contributed by atoms with van der Waals surface area (Å²) in [6, 6.07) is 10.7. The van der Waals surface area contributed by atoms with Crippen LogP contribution < -0.4 is 20.3 Å². The molecule has 2 aliphatic carbocycles. The monoisotopic (exact) mass is 631 g/mol. The van der Waals surface area contributed by atoms with Crippen molar-refractivity contribution in [3.63, 3.8) is 0 Å². The summed E-state index contributed by atoms with van der Waals surface area (Å²) >= 11 is 1.31. The number of hydrogen-bond donors (Lipinski definition) is 2. The maximum Gasteiger partial charge on any atom is 0.261 e. The highest BCUT2D eigenvalue weighted by molar-refractivity contribution is 7.98. The van der Waals surface area contributed by atoms with E-state index in [9.17, 15) is 14.4 Å². The molecular formula is C34H42FN7O2S. The van der Waals surface area contributed by atoms with Crippen LogP contribution in [0.2, 0.25) is 0 Å². The predicted molar refractivity (Wildman–Crippen MR) is 176 cm³/mol. The van der Waals surface area contributed by atoms with Crippen LogP contribution in [0.5, 0.6) is 11.5 Å². The number of fused-ring (bicyclic) bond motifs is 1. The van der Waals surface area contributed by atoms with E-state index < -0.39 is 5.82 Å². The zero-order valence-electron chi connectivity index (χ0n) is 26.1. The predicted octanol–water partition coefficient (Wildman–Crippen LogP) is 6.08. The van der Waals surface area contributed by atoms with Gasteiger partial charge in [-0.3, -0.25) is 9.36 Å². The summed E-state index contributed by atoms with van der Waals surface area (Å²) in [5, 5.41) is 13.8. The fourth-order valence-electron chi connectivity index (χ4n) is 7.92. The fraction of sp³-hybridized carbons (Fsp3) is 0.559. The molecular weight excluding hydrogens is 589 g/mol. The van der Waals surface area contributed by atoms with E-state index >= 15 is 0 Å². The molecule has 0 unspecified atom stereocenters. The highest BCUT2D eigenvalue weighted by atomic mass is 32.2. The third kappa shape index (κ3) is 5.82. The Labute approximate surface area is 268 Å². The van der Waals surface area contributed by atoms with Crippen LogP contribution in [0.3, 0.4) is 0 Å². The van der Waals surface area contributed by atoms with Crippen LogP contribution in [0.25, 0.3) is 10.9 Å². The number of nitrogens with zero attached hydrogens (tertiary/aromatic N) is 5. The first-order valence-corrected chi connectivity index (χ1v) is 17.1.